The van der Waals surface area contributed by atoms with Gasteiger partial charge in [-0.2, -0.15) is 0 Å². The van der Waals surface area contributed by atoms with Crippen molar-refractivity contribution in [3.05, 3.63) is 0 Å². The summed E-state index contributed by atoms with van der Waals surface area (Å²) in [6.07, 6.45) is -0.809. The van der Waals surface area contributed by atoms with Gasteiger partial charge in [-0.25, -0.2) is 9.59 Å². The van der Waals surface area contributed by atoms with Crippen LogP contribution in [0.3, 0.4) is 0 Å². The Morgan fingerprint density at radius 2 is 1.47 bits per heavy atom. The largest absolute Gasteiger partial charge is 0.444 e. The second kappa shape index (κ2) is 5.27. The fourth-order valence-corrected chi connectivity index (χ4v) is 1.52. The van der Waals surface area contributed by atoms with Gasteiger partial charge in [-0.05, 0) is 41.5 Å². The van der Waals surface area contributed by atoms with Gasteiger partial charge in [0.2, 0.25) is 0 Å². The fourth-order valence-electron chi connectivity index (χ4n) is 1.52. The molecule has 1 fully saturated rings. The number of hydrogen-bond donors (Lipinski definition) is 1. The van der Waals surface area contributed by atoms with Crippen LogP contribution in [0.1, 0.15) is 41.5 Å². The lowest BCUT2D eigenvalue weighted by Gasteiger charge is -2.40. The summed E-state index contributed by atoms with van der Waals surface area (Å²) < 4.78 is 10.4. The number of nitrogens with zero attached hydrogens (tertiary/aromatic N) is 1. The molecule has 1 rings (SSSR count). The highest BCUT2D eigenvalue weighted by molar-refractivity contribution is 5.71. The molecule has 0 aromatic heterocycles. The summed E-state index contributed by atoms with van der Waals surface area (Å²) in [6, 6.07) is -0.0673. The van der Waals surface area contributed by atoms with Crippen molar-refractivity contribution in [2.24, 2.45) is 0 Å². The van der Waals surface area contributed by atoms with Crippen LogP contribution in [0.5, 0.6) is 0 Å². The van der Waals surface area contributed by atoms with Crippen LogP contribution in [0, 0.1) is 0 Å². The Balaban J connectivity index is 2.27. The molecule has 6 nitrogen and oxygen atoms in total. The smallest absolute Gasteiger partial charge is 0.410 e. The molecular formula is C13H24N2O4. The first-order valence-corrected chi connectivity index (χ1v) is 6.44. The molecule has 1 aliphatic rings. The molecule has 0 atom stereocenters. The summed E-state index contributed by atoms with van der Waals surface area (Å²) in [5.74, 6) is 0. The topological polar surface area (TPSA) is 67.9 Å². The van der Waals surface area contributed by atoms with Crippen LogP contribution in [0.25, 0.3) is 0 Å². The molecule has 1 saturated heterocycles. The van der Waals surface area contributed by atoms with Crippen molar-refractivity contribution in [2.75, 3.05) is 13.1 Å². The van der Waals surface area contributed by atoms with Crippen LogP contribution in [0.2, 0.25) is 0 Å². The second-order valence-corrected chi connectivity index (χ2v) is 6.73. The normalized spacial score (nSPS) is 16.6. The summed E-state index contributed by atoms with van der Waals surface area (Å²) in [6.45, 7) is 11.8. The van der Waals surface area contributed by atoms with E-state index in [9.17, 15) is 9.59 Å². The number of nitrogens with one attached hydrogen (secondary N) is 1. The van der Waals surface area contributed by atoms with Gasteiger partial charge < -0.3 is 19.7 Å². The molecule has 0 saturated carbocycles. The van der Waals surface area contributed by atoms with Gasteiger partial charge in [0, 0.05) is 13.1 Å². The Kier molecular flexibility index (Phi) is 4.32. The maximum absolute atomic E-state index is 11.7. The Bertz CT molecular complexity index is 349. The van der Waals surface area contributed by atoms with Crippen molar-refractivity contribution in [1.82, 2.24) is 10.2 Å². The highest BCUT2D eigenvalue weighted by Gasteiger charge is 2.35. The highest BCUT2D eigenvalue weighted by atomic mass is 16.6. The van der Waals surface area contributed by atoms with Gasteiger partial charge >= 0.3 is 12.2 Å². The SMILES string of the molecule is CC(C)(C)OC(=O)NC1CN(C(=O)OC(C)(C)C)C1. The molecule has 19 heavy (non-hydrogen) atoms. The number of rotatable bonds is 1. The van der Waals surface area contributed by atoms with E-state index in [0.29, 0.717) is 13.1 Å². The van der Waals surface area contributed by atoms with Crippen molar-refractivity contribution < 1.29 is 19.1 Å². The van der Waals surface area contributed by atoms with E-state index in [-0.39, 0.29) is 12.1 Å². The number of amides is 2. The van der Waals surface area contributed by atoms with Crippen LogP contribution in [0.15, 0.2) is 0 Å². The van der Waals surface area contributed by atoms with Gasteiger partial charge in [-0.1, -0.05) is 0 Å². The predicted molar refractivity (Wildman–Crippen MR) is 71.0 cm³/mol. The Morgan fingerprint density at radius 1 is 1.00 bits per heavy atom. The lowest BCUT2D eigenvalue weighted by Crippen LogP contribution is -2.62. The summed E-state index contributed by atoms with van der Waals surface area (Å²) >= 11 is 0. The lowest BCUT2D eigenvalue weighted by molar-refractivity contribution is 0.00142. The number of carbonyl (C=O) groups is 2. The first kappa shape index (κ1) is 15.6. The van der Waals surface area contributed by atoms with Gasteiger partial charge in [-0.15, -0.1) is 0 Å². The molecule has 1 heterocycles. The minimum Gasteiger partial charge on any atom is -0.444 e. The Labute approximate surface area is 114 Å². The molecule has 1 N–H and O–H groups in total. The van der Waals surface area contributed by atoms with E-state index < -0.39 is 17.3 Å². The number of alkyl carbamates (subject to hydrolysis) is 1. The minimum atomic E-state index is -0.515. The maximum Gasteiger partial charge on any atom is 0.410 e. The Hall–Kier alpha value is -1.46. The van der Waals surface area contributed by atoms with Crippen molar-refractivity contribution >= 4 is 12.2 Å². The Morgan fingerprint density at radius 3 is 1.89 bits per heavy atom. The van der Waals surface area contributed by atoms with Gasteiger partial charge in [-0.3, -0.25) is 0 Å². The van der Waals surface area contributed by atoms with E-state index in [0.717, 1.165) is 0 Å². The molecule has 0 aromatic rings. The van der Waals surface area contributed by atoms with E-state index in [1.54, 1.807) is 25.7 Å². The van der Waals surface area contributed by atoms with Crippen molar-refractivity contribution in [3.8, 4) is 0 Å². The van der Waals surface area contributed by atoms with Crippen LogP contribution in [-0.2, 0) is 9.47 Å². The molecule has 1 aliphatic heterocycles. The molecule has 0 aliphatic carbocycles. The number of likely N-dealkylation sites (tertiary alicyclic amines) is 1. The molecule has 2 amide bonds. The molecule has 0 radical (unpaired) electrons. The third-order valence-electron chi connectivity index (χ3n) is 2.25. The average Bonchev–Trinajstić information content (AvgIpc) is 2.03. The zero-order valence-electron chi connectivity index (χ0n) is 12.6. The summed E-state index contributed by atoms with van der Waals surface area (Å²) in [5, 5.41) is 2.71. The highest BCUT2D eigenvalue weighted by Crippen LogP contribution is 2.15. The maximum atomic E-state index is 11.7. The number of ether oxygens (including phenoxy) is 2. The van der Waals surface area contributed by atoms with Gasteiger partial charge in [0.25, 0.3) is 0 Å². The number of hydrogen-bond acceptors (Lipinski definition) is 4. The fraction of sp³-hybridized carbons (Fsp3) is 0.846. The van der Waals surface area contributed by atoms with Gasteiger partial charge in [0.05, 0.1) is 6.04 Å². The minimum absolute atomic E-state index is 0.0673. The predicted octanol–water partition coefficient (Wildman–Crippen LogP) is 2.13. The molecule has 0 bridgehead atoms. The summed E-state index contributed by atoms with van der Waals surface area (Å²) in [4.78, 5) is 24.7. The second-order valence-electron chi connectivity index (χ2n) is 6.73. The van der Waals surface area contributed by atoms with Crippen molar-refractivity contribution in [1.29, 1.82) is 0 Å². The quantitative estimate of drug-likeness (QED) is 0.794. The van der Waals surface area contributed by atoms with E-state index in [4.69, 9.17) is 9.47 Å². The molecule has 0 spiro atoms. The molecule has 6 heteroatoms. The molecule has 110 valence electrons. The van der Waals surface area contributed by atoms with Crippen molar-refractivity contribution in [3.63, 3.8) is 0 Å². The van der Waals surface area contributed by atoms with Gasteiger partial charge in [0.1, 0.15) is 11.2 Å². The summed E-state index contributed by atoms with van der Waals surface area (Å²) in [7, 11) is 0. The zero-order valence-corrected chi connectivity index (χ0v) is 12.6. The van der Waals surface area contributed by atoms with E-state index >= 15 is 0 Å². The van der Waals surface area contributed by atoms with Crippen LogP contribution in [-0.4, -0.2) is 47.4 Å². The lowest BCUT2D eigenvalue weighted by atomic mass is 10.1. The van der Waals surface area contributed by atoms with E-state index in [2.05, 4.69) is 5.32 Å². The van der Waals surface area contributed by atoms with E-state index in [1.165, 1.54) is 0 Å². The zero-order chi connectivity index (χ0) is 14.8. The standard InChI is InChI=1S/C13H24N2O4/c1-12(2,3)18-10(16)14-9-7-15(8-9)11(17)19-13(4,5)6/h9H,7-8H2,1-6H3,(H,14,16). The number of carbonyl (C=O) groups excluding carboxylic acids is 2. The van der Waals surface area contributed by atoms with Crippen molar-refractivity contribution in [2.45, 2.75) is 58.8 Å². The summed E-state index contributed by atoms with van der Waals surface area (Å²) in [5.41, 5.74) is -1.01. The van der Waals surface area contributed by atoms with Gasteiger partial charge in [0.15, 0.2) is 0 Å². The van der Waals surface area contributed by atoms with Crippen LogP contribution < -0.4 is 5.32 Å². The first-order chi connectivity index (χ1) is 8.46. The first-order valence-electron chi connectivity index (χ1n) is 6.44. The third-order valence-corrected chi connectivity index (χ3v) is 2.25. The van der Waals surface area contributed by atoms with E-state index in [1.807, 2.05) is 20.8 Å². The van der Waals surface area contributed by atoms with Crippen LogP contribution in [0.4, 0.5) is 9.59 Å². The van der Waals surface area contributed by atoms with Crippen LogP contribution >= 0.6 is 0 Å². The monoisotopic (exact) mass is 272 g/mol. The molecule has 0 unspecified atom stereocenters. The average molecular weight is 272 g/mol. The third kappa shape index (κ3) is 5.81. The molecule has 0 aromatic carbocycles. The molecular weight excluding hydrogens is 248 g/mol.